The first-order valence-corrected chi connectivity index (χ1v) is 10.8. The van der Waals surface area contributed by atoms with Crippen molar-refractivity contribution in [2.75, 3.05) is 10.3 Å². The van der Waals surface area contributed by atoms with Gasteiger partial charge in [0.05, 0.1) is 17.3 Å². The number of anilines is 2. The van der Waals surface area contributed by atoms with Crippen molar-refractivity contribution in [2.45, 2.75) is 32.7 Å². The number of benzene rings is 3. The van der Waals surface area contributed by atoms with Crippen molar-refractivity contribution in [1.29, 1.82) is 10.9 Å². The van der Waals surface area contributed by atoms with Crippen LogP contribution in [0.1, 0.15) is 46.9 Å². The molecule has 0 radical (unpaired) electrons. The van der Waals surface area contributed by atoms with E-state index < -0.39 is 5.97 Å². The van der Waals surface area contributed by atoms with Crippen molar-refractivity contribution in [3.63, 3.8) is 0 Å². The molecule has 3 aromatic carbocycles. The smallest absolute Gasteiger partial charge is 0.335 e. The Bertz CT molecular complexity index is 1210. The van der Waals surface area contributed by atoms with E-state index in [1.54, 1.807) is 12.1 Å². The summed E-state index contributed by atoms with van der Waals surface area (Å²) >= 11 is 0. The number of rotatable bonds is 6. The molecule has 33 heavy (non-hydrogen) atoms. The molecule has 0 spiro atoms. The van der Waals surface area contributed by atoms with Gasteiger partial charge in [0.25, 0.3) is 0 Å². The van der Waals surface area contributed by atoms with Crippen LogP contribution in [0.25, 0.3) is 0 Å². The molecule has 1 atom stereocenters. The Morgan fingerprint density at radius 3 is 2.58 bits per heavy atom. The number of hydrogen-bond donors (Lipinski definition) is 4. The van der Waals surface area contributed by atoms with E-state index in [1.165, 1.54) is 5.01 Å². The maximum atomic E-state index is 11.4. The van der Waals surface area contributed by atoms with Crippen LogP contribution in [0, 0.1) is 16.4 Å². The average molecular weight is 442 g/mol. The molecule has 7 heteroatoms. The Labute approximate surface area is 193 Å². The van der Waals surface area contributed by atoms with Gasteiger partial charge in [-0.25, -0.2) is 9.80 Å². The molecule has 1 aliphatic heterocycles. The second-order valence-electron chi connectivity index (χ2n) is 9.04. The van der Waals surface area contributed by atoms with Gasteiger partial charge in [0.2, 0.25) is 0 Å². The van der Waals surface area contributed by atoms with Gasteiger partial charge >= 0.3 is 5.97 Å². The fourth-order valence-electron chi connectivity index (χ4n) is 4.47. The Hall–Kier alpha value is -4.00. The standard InChI is InChI=1S/C26H27N5O2/c1-26(2)16-20-14-19(25(32)33)11-12-22(20)29-24(26)18-9-6-10-21(15-18)31(30-28)23(27)13-17-7-4-3-5-8-17/h3-12,14-15,24,27-29H,13,16H2,1-2H3,(H,32,33). The first-order chi connectivity index (χ1) is 15.8. The Morgan fingerprint density at radius 2 is 1.88 bits per heavy atom. The molecule has 1 heterocycles. The van der Waals surface area contributed by atoms with Gasteiger partial charge in [-0.05, 0) is 58.9 Å². The highest BCUT2D eigenvalue weighted by Gasteiger charge is 2.36. The summed E-state index contributed by atoms with van der Waals surface area (Å²) in [6.45, 7) is 4.30. The Kier molecular flexibility index (Phi) is 5.96. The molecule has 168 valence electrons. The zero-order valence-corrected chi connectivity index (χ0v) is 18.7. The fraction of sp³-hybridized carbons (Fsp3) is 0.231. The molecule has 0 aliphatic carbocycles. The summed E-state index contributed by atoms with van der Waals surface area (Å²) < 4.78 is 0. The van der Waals surface area contributed by atoms with Crippen LogP contribution in [0.5, 0.6) is 0 Å². The number of amidine groups is 1. The highest BCUT2D eigenvalue weighted by Crippen LogP contribution is 2.45. The van der Waals surface area contributed by atoms with Crippen LogP contribution in [0.15, 0.2) is 78.0 Å². The molecule has 1 unspecified atom stereocenters. The predicted molar refractivity (Wildman–Crippen MR) is 129 cm³/mol. The van der Waals surface area contributed by atoms with E-state index in [-0.39, 0.29) is 22.9 Å². The lowest BCUT2D eigenvalue weighted by molar-refractivity contribution is 0.0696. The van der Waals surface area contributed by atoms with Gasteiger partial charge in [-0.15, -0.1) is 0 Å². The minimum Gasteiger partial charge on any atom is -0.478 e. The average Bonchev–Trinajstić information content (AvgIpc) is 2.79. The van der Waals surface area contributed by atoms with E-state index >= 15 is 0 Å². The quantitative estimate of drug-likeness (QED) is 0.160. The molecule has 0 bridgehead atoms. The maximum Gasteiger partial charge on any atom is 0.335 e. The van der Waals surface area contributed by atoms with Gasteiger partial charge in [0.1, 0.15) is 5.84 Å². The topological polar surface area (TPSA) is 113 Å². The number of fused-ring (bicyclic) bond motifs is 1. The van der Waals surface area contributed by atoms with Gasteiger partial charge in [-0.3, -0.25) is 5.41 Å². The first-order valence-electron chi connectivity index (χ1n) is 10.8. The lowest BCUT2D eigenvalue weighted by atomic mass is 9.72. The van der Waals surface area contributed by atoms with Crippen molar-refractivity contribution >= 4 is 23.2 Å². The third-order valence-corrected chi connectivity index (χ3v) is 6.10. The van der Waals surface area contributed by atoms with Crippen LogP contribution < -0.4 is 10.3 Å². The van der Waals surface area contributed by atoms with E-state index in [1.807, 2.05) is 60.7 Å². The highest BCUT2D eigenvalue weighted by molar-refractivity contribution is 5.96. The predicted octanol–water partition coefficient (Wildman–Crippen LogP) is 6.09. The number of carboxylic acid groups (broad SMARTS) is 1. The molecule has 0 saturated heterocycles. The van der Waals surface area contributed by atoms with Gasteiger partial charge in [-0.1, -0.05) is 61.5 Å². The van der Waals surface area contributed by atoms with E-state index in [9.17, 15) is 9.90 Å². The number of nitrogens with one attached hydrogen (secondary N) is 3. The van der Waals surface area contributed by atoms with Crippen molar-refractivity contribution in [3.8, 4) is 0 Å². The molecule has 4 N–H and O–H groups in total. The van der Waals surface area contributed by atoms with Crippen LogP contribution in [0.3, 0.4) is 0 Å². The van der Waals surface area contributed by atoms with Crippen molar-refractivity contribution < 1.29 is 9.90 Å². The van der Waals surface area contributed by atoms with Crippen LogP contribution >= 0.6 is 0 Å². The van der Waals surface area contributed by atoms with E-state index in [0.29, 0.717) is 12.1 Å². The third kappa shape index (κ3) is 4.62. The van der Waals surface area contributed by atoms with Crippen molar-refractivity contribution in [2.24, 2.45) is 10.6 Å². The normalized spacial score (nSPS) is 16.2. The summed E-state index contributed by atoms with van der Waals surface area (Å²) in [5.74, 6) is -0.710. The first kappa shape index (κ1) is 22.2. The minimum absolute atomic E-state index is 0.0310. The monoisotopic (exact) mass is 441 g/mol. The van der Waals surface area contributed by atoms with Crippen molar-refractivity contribution in [1.82, 2.24) is 0 Å². The summed E-state index contributed by atoms with van der Waals surface area (Å²) in [4.78, 5) is 11.4. The summed E-state index contributed by atoms with van der Waals surface area (Å²) in [5.41, 5.74) is 12.4. The highest BCUT2D eigenvalue weighted by atomic mass is 16.4. The maximum absolute atomic E-state index is 11.4. The van der Waals surface area contributed by atoms with E-state index in [0.717, 1.165) is 28.8 Å². The molecule has 1 aliphatic rings. The van der Waals surface area contributed by atoms with Crippen molar-refractivity contribution in [3.05, 3.63) is 95.1 Å². The summed E-state index contributed by atoms with van der Waals surface area (Å²) in [7, 11) is 0. The largest absolute Gasteiger partial charge is 0.478 e. The van der Waals surface area contributed by atoms with E-state index in [4.69, 9.17) is 10.9 Å². The molecule has 3 aromatic rings. The lowest BCUT2D eigenvalue weighted by Gasteiger charge is -2.41. The molecule has 7 nitrogen and oxygen atoms in total. The third-order valence-electron chi connectivity index (χ3n) is 6.10. The number of carboxylic acids is 1. The Morgan fingerprint density at radius 1 is 1.12 bits per heavy atom. The summed E-state index contributed by atoms with van der Waals surface area (Å²) in [6, 6.07) is 22.6. The molecule has 0 amide bonds. The van der Waals surface area contributed by atoms with E-state index in [2.05, 4.69) is 24.4 Å². The zero-order valence-electron chi connectivity index (χ0n) is 18.7. The molecule has 0 aromatic heterocycles. The van der Waals surface area contributed by atoms with Gasteiger partial charge in [0.15, 0.2) is 0 Å². The second-order valence-corrected chi connectivity index (χ2v) is 9.04. The SMILES string of the molecule is CC1(C)Cc2cc(C(=O)O)ccc2NC1c1cccc(N(N=N)C(=N)Cc2ccccc2)c1. The fourth-order valence-corrected chi connectivity index (χ4v) is 4.47. The molecule has 0 saturated carbocycles. The van der Waals surface area contributed by atoms with Crippen LogP contribution in [0.2, 0.25) is 0 Å². The number of nitrogens with zero attached hydrogens (tertiary/aromatic N) is 2. The molecular weight excluding hydrogens is 414 g/mol. The lowest BCUT2D eigenvalue weighted by Crippen LogP contribution is -2.35. The summed E-state index contributed by atoms with van der Waals surface area (Å²) in [6.07, 6.45) is 1.10. The van der Waals surface area contributed by atoms with Gasteiger partial charge < -0.3 is 10.4 Å². The van der Waals surface area contributed by atoms with Gasteiger partial charge in [0, 0.05) is 12.1 Å². The molecular formula is C26H27N5O2. The zero-order chi connectivity index (χ0) is 23.6. The molecule has 0 fully saturated rings. The second kappa shape index (κ2) is 8.86. The van der Waals surface area contributed by atoms with Crippen LogP contribution in [-0.2, 0) is 12.8 Å². The van der Waals surface area contributed by atoms with Crippen LogP contribution in [0.4, 0.5) is 11.4 Å². The minimum atomic E-state index is -0.928. The Balaban J connectivity index is 1.61. The van der Waals surface area contributed by atoms with Gasteiger partial charge in [-0.2, -0.15) is 5.53 Å². The summed E-state index contributed by atoms with van der Waals surface area (Å²) in [5, 5.41) is 26.4. The molecule has 4 rings (SSSR count). The number of carbonyl (C=O) groups is 1. The number of aromatic carboxylic acids is 1. The number of hydrogen-bond acceptors (Lipinski definition) is 5. The van der Waals surface area contributed by atoms with Crippen LogP contribution in [-0.4, -0.2) is 16.9 Å².